The number of carbonyl (C=O) groups excluding carboxylic acids is 2. The van der Waals surface area contributed by atoms with Crippen molar-refractivity contribution in [3.8, 4) is 5.75 Å². The molecule has 2 N–H and O–H groups in total. The van der Waals surface area contributed by atoms with Crippen LogP contribution in [0, 0.1) is 0 Å². The lowest BCUT2D eigenvalue weighted by Gasteiger charge is -2.32. The molecule has 6 heteroatoms. The Bertz CT molecular complexity index is 1040. The number of para-hydroxylation sites is 1. The number of likely N-dealkylation sites (N-methyl/N-ethyl adjacent to an activating group) is 1. The molecule has 0 spiro atoms. The molecule has 4 atom stereocenters. The first-order valence-corrected chi connectivity index (χ1v) is 10.6. The molecular formula is C26H26N2O4. The van der Waals surface area contributed by atoms with Gasteiger partial charge in [-0.15, -0.1) is 0 Å². The first-order chi connectivity index (χ1) is 15.5. The minimum Gasteiger partial charge on any atom is -0.488 e. The van der Waals surface area contributed by atoms with E-state index in [4.69, 9.17) is 4.74 Å². The second-order valence-corrected chi connectivity index (χ2v) is 7.91. The fourth-order valence-corrected chi connectivity index (χ4v) is 4.18. The normalized spacial score (nSPS) is 22.2. The highest BCUT2D eigenvalue weighted by atomic mass is 16.5. The molecule has 0 unspecified atom stereocenters. The third-order valence-corrected chi connectivity index (χ3v) is 5.80. The zero-order valence-electron chi connectivity index (χ0n) is 17.8. The van der Waals surface area contributed by atoms with Gasteiger partial charge >= 0.3 is 0 Å². The summed E-state index contributed by atoms with van der Waals surface area (Å²) in [5.41, 5.74) is 1.04. The van der Waals surface area contributed by atoms with Crippen LogP contribution in [-0.2, 0) is 0 Å². The predicted molar refractivity (Wildman–Crippen MR) is 122 cm³/mol. The molecule has 32 heavy (non-hydrogen) atoms. The summed E-state index contributed by atoms with van der Waals surface area (Å²) in [5.74, 6) is 0.144. The van der Waals surface area contributed by atoms with Crippen molar-refractivity contribution < 1.29 is 19.4 Å². The van der Waals surface area contributed by atoms with Crippen molar-refractivity contribution in [3.63, 3.8) is 0 Å². The van der Waals surface area contributed by atoms with Crippen molar-refractivity contribution in [2.45, 2.75) is 30.7 Å². The van der Waals surface area contributed by atoms with Gasteiger partial charge in [-0.05, 0) is 36.4 Å². The Morgan fingerprint density at radius 1 is 0.875 bits per heavy atom. The Morgan fingerprint density at radius 2 is 1.41 bits per heavy atom. The van der Waals surface area contributed by atoms with Crippen molar-refractivity contribution in [2.75, 3.05) is 7.05 Å². The van der Waals surface area contributed by atoms with Gasteiger partial charge in [-0.3, -0.25) is 9.59 Å². The Labute approximate surface area is 187 Å². The lowest BCUT2D eigenvalue weighted by molar-refractivity contribution is 0.0144. The summed E-state index contributed by atoms with van der Waals surface area (Å²) in [6, 6.07) is 25.9. The summed E-state index contributed by atoms with van der Waals surface area (Å²) < 4.78 is 6.03. The van der Waals surface area contributed by atoms with Crippen LogP contribution in [0.2, 0.25) is 0 Å². The van der Waals surface area contributed by atoms with Gasteiger partial charge in [-0.25, -0.2) is 0 Å². The van der Waals surface area contributed by atoms with E-state index in [9.17, 15) is 14.7 Å². The average molecular weight is 431 g/mol. The van der Waals surface area contributed by atoms with Gasteiger partial charge in [0.2, 0.25) is 0 Å². The molecule has 6 nitrogen and oxygen atoms in total. The number of hydrogen-bond acceptors (Lipinski definition) is 4. The second kappa shape index (κ2) is 9.66. The van der Waals surface area contributed by atoms with Crippen LogP contribution in [0.25, 0.3) is 0 Å². The molecule has 3 aromatic rings. The molecule has 164 valence electrons. The first kappa shape index (κ1) is 21.6. The van der Waals surface area contributed by atoms with Gasteiger partial charge in [0.25, 0.3) is 11.8 Å². The molecule has 3 aromatic carbocycles. The highest BCUT2D eigenvalue weighted by Gasteiger charge is 2.48. The number of aliphatic hydroxyl groups is 1. The van der Waals surface area contributed by atoms with E-state index < -0.39 is 24.3 Å². The summed E-state index contributed by atoms with van der Waals surface area (Å²) >= 11 is 0. The maximum absolute atomic E-state index is 13.1. The molecule has 0 bridgehead atoms. The molecule has 0 aromatic heterocycles. The Morgan fingerprint density at radius 3 is 2.00 bits per heavy atom. The zero-order chi connectivity index (χ0) is 22.5. The van der Waals surface area contributed by atoms with Crippen LogP contribution in [0.4, 0.5) is 0 Å². The number of rotatable bonds is 6. The number of carbonyl (C=O) groups is 2. The van der Waals surface area contributed by atoms with Crippen LogP contribution in [-0.4, -0.2) is 53.2 Å². The van der Waals surface area contributed by atoms with Gasteiger partial charge in [-0.1, -0.05) is 54.6 Å². The maximum Gasteiger partial charge on any atom is 0.254 e. The summed E-state index contributed by atoms with van der Waals surface area (Å²) in [6.45, 7) is 0. The van der Waals surface area contributed by atoms with Crippen molar-refractivity contribution in [1.29, 1.82) is 0 Å². The first-order valence-electron chi connectivity index (χ1n) is 10.6. The third-order valence-electron chi connectivity index (χ3n) is 5.80. The van der Waals surface area contributed by atoms with Gasteiger partial charge in [-0.2, -0.15) is 0 Å². The molecule has 0 radical (unpaired) electrons. The Kier molecular flexibility index (Phi) is 6.52. The molecule has 1 aliphatic rings. The number of nitrogens with zero attached hydrogens (tertiary/aromatic N) is 1. The number of ether oxygens (including phenoxy) is 1. The van der Waals surface area contributed by atoms with Crippen molar-refractivity contribution in [3.05, 3.63) is 102 Å². The van der Waals surface area contributed by atoms with Crippen LogP contribution in [0.5, 0.6) is 5.75 Å². The lowest BCUT2D eigenvalue weighted by atomic mass is 10.1. The molecule has 0 aliphatic heterocycles. The largest absolute Gasteiger partial charge is 0.488 e. The topological polar surface area (TPSA) is 78.9 Å². The molecule has 1 saturated carbocycles. The van der Waals surface area contributed by atoms with E-state index in [1.165, 1.54) is 4.90 Å². The highest BCUT2D eigenvalue weighted by molar-refractivity contribution is 5.95. The predicted octanol–water partition coefficient (Wildman–Crippen LogP) is 3.14. The summed E-state index contributed by atoms with van der Waals surface area (Å²) in [7, 11) is 1.65. The van der Waals surface area contributed by atoms with Gasteiger partial charge in [0, 0.05) is 24.6 Å². The monoisotopic (exact) mass is 430 g/mol. The Balaban J connectivity index is 1.58. The Hall–Kier alpha value is -3.64. The maximum atomic E-state index is 13.1. The summed E-state index contributed by atoms with van der Waals surface area (Å²) in [6.07, 6.45) is -1.19. The fourth-order valence-electron chi connectivity index (χ4n) is 4.18. The van der Waals surface area contributed by atoms with Crippen LogP contribution < -0.4 is 10.1 Å². The fraction of sp³-hybridized carbons (Fsp3) is 0.231. The minimum absolute atomic E-state index is 0.228. The second-order valence-electron chi connectivity index (χ2n) is 7.91. The van der Waals surface area contributed by atoms with E-state index >= 15 is 0 Å². The van der Waals surface area contributed by atoms with E-state index in [-0.39, 0.29) is 11.8 Å². The van der Waals surface area contributed by atoms with E-state index in [2.05, 4.69) is 5.32 Å². The van der Waals surface area contributed by atoms with Gasteiger partial charge in [0.1, 0.15) is 18.0 Å². The SMILES string of the molecule is CN(C(=O)c1ccccc1)[C@@H]1[C@@H](O)[C@H](Oc2ccccc2)C[C@H]1NC(=O)c1ccccc1. The summed E-state index contributed by atoms with van der Waals surface area (Å²) in [5, 5.41) is 14.2. The van der Waals surface area contributed by atoms with Crippen molar-refractivity contribution >= 4 is 11.8 Å². The smallest absolute Gasteiger partial charge is 0.254 e. The van der Waals surface area contributed by atoms with E-state index in [0.717, 1.165) is 0 Å². The molecular weight excluding hydrogens is 404 g/mol. The van der Waals surface area contributed by atoms with Crippen LogP contribution in [0.15, 0.2) is 91.0 Å². The zero-order valence-corrected chi connectivity index (χ0v) is 17.8. The average Bonchev–Trinajstić information content (AvgIpc) is 3.14. The molecule has 1 aliphatic carbocycles. The highest BCUT2D eigenvalue weighted by Crippen LogP contribution is 2.30. The van der Waals surface area contributed by atoms with Gasteiger partial charge in [0.15, 0.2) is 0 Å². The quantitative estimate of drug-likeness (QED) is 0.630. The molecule has 0 heterocycles. The van der Waals surface area contributed by atoms with Crippen LogP contribution in [0.1, 0.15) is 27.1 Å². The van der Waals surface area contributed by atoms with E-state index in [1.54, 1.807) is 55.6 Å². The molecule has 2 amide bonds. The van der Waals surface area contributed by atoms with E-state index in [1.807, 2.05) is 42.5 Å². The lowest BCUT2D eigenvalue weighted by Crippen LogP contribution is -2.54. The third kappa shape index (κ3) is 4.65. The number of hydrogen-bond donors (Lipinski definition) is 2. The number of nitrogens with one attached hydrogen (secondary N) is 1. The van der Waals surface area contributed by atoms with Crippen LogP contribution in [0.3, 0.4) is 0 Å². The molecule has 1 fully saturated rings. The van der Waals surface area contributed by atoms with Gasteiger partial charge < -0.3 is 20.1 Å². The number of amides is 2. The molecule has 4 rings (SSSR count). The van der Waals surface area contributed by atoms with Crippen LogP contribution >= 0.6 is 0 Å². The summed E-state index contributed by atoms with van der Waals surface area (Å²) in [4.78, 5) is 27.5. The van der Waals surface area contributed by atoms with Crippen molar-refractivity contribution in [2.24, 2.45) is 0 Å². The van der Waals surface area contributed by atoms with E-state index in [0.29, 0.717) is 23.3 Å². The minimum atomic E-state index is -0.978. The number of benzene rings is 3. The standard InChI is InChI=1S/C26H26N2O4/c1-28(26(31)19-13-7-3-8-14-19)23-21(27-25(30)18-11-5-2-6-12-18)17-22(24(23)29)32-20-15-9-4-10-16-20/h2-16,21-24,29H,17H2,1H3,(H,27,30)/t21-,22-,23+,24+/m1/s1. The van der Waals surface area contributed by atoms with Crippen molar-refractivity contribution in [1.82, 2.24) is 10.2 Å². The molecule has 0 saturated heterocycles. The number of aliphatic hydroxyl groups excluding tert-OH is 1. The van der Waals surface area contributed by atoms with Gasteiger partial charge in [0.05, 0.1) is 12.1 Å².